The minimum absolute atomic E-state index is 0.427. The zero-order valence-electron chi connectivity index (χ0n) is 16.6. The summed E-state index contributed by atoms with van der Waals surface area (Å²) >= 11 is 0. The van der Waals surface area contributed by atoms with E-state index in [1.54, 1.807) is 19.2 Å². The SMILES string of the molecule is COc1ccc(C(Cc2ccc(OCCCc3ccccc3)cc2)C(=O)O)cc1. The topological polar surface area (TPSA) is 55.8 Å². The van der Waals surface area contributed by atoms with Crippen molar-refractivity contribution >= 4 is 5.97 Å². The van der Waals surface area contributed by atoms with Crippen LogP contribution in [0, 0.1) is 0 Å². The molecule has 3 aromatic carbocycles. The van der Waals surface area contributed by atoms with Crippen molar-refractivity contribution in [3.8, 4) is 11.5 Å². The third-order valence-corrected chi connectivity index (χ3v) is 4.90. The molecule has 1 N–H and O–H groups in total. The third-order valence-electron chi connectivity index (χ3n) is 4.90. The number of aryl methyl sites for hydroxylation is 1. The number of carbonyl (C=O) groups is 1. The van der Waals surface area contributed by atoms with Crippen molar-refractivity contribution in [1.82, 2.24) is 0 Å². The molecule has 4 nitrogen and oxygen atoms in total. The van der Waals surface area contributed by atoms with Gasteiger partial charge in [-0.25, -0.2) is 0 Å². The van der Waals surface area contributed by atoms with Gasteiger partial charge in [-0.15, -0.1) is 0 Å². The Hall–Kier alpha value is -3.27. The molecule has 0 heterocycles. The average molecular weight is 390 g/mol. The van der Waals surface area contributed by atoms with Gasteiger partial charge in [0.2, 0.25) is 0 Å². The second-order valence-electron chi connectivity index (χ2n) is 6.95. The molecule has 0 aliphatic heterocycles. The molecule has 0 saturated heterocycles. The van der Waals surface area contributed by atoms with Crippen LogP contribution < -0.4 is 9.47 Å². The molecule has 0 aromatic heterocycles. The van der Waals surface area contributed by atoms with Crippen LogP contribution in [0.4, 0.5) is 0 Å². The van der Waals surface area contributed by atoms with Crippen LogP contribution in [0.1, 0.15) is 29.0 Å². The molecule has 1 unspecified atom stereocenters. The lowest BCUT2D eigenvalue weighted by molar-refractivity contribution is -0.138. The Bertz CT molecular complexity index is 886. The lowest BCUT2D eigenvalue weighted by Crippen LogP contribution is -2.14. The van der Waals surface area contributed by atoms with Crippen LogP contribution in [0.3, 0.4) is 0 Å². The van der Waals surface area contributed by atoms with Crippen LogP contribution >= 0.6 is 0 Å². The summed E-state index contributed by atoms with van der Waals surface area (Å²) < 4.78 is 11.0. The van der Waals surface area contributed by atoms with Gasteiger partial charge in [-0.3, -0.25) is 4.79 Å². The summed E-state index contributed by atoms with van der Waals surface area (Å²) in [5, 5.41) is 9.65. The maximum atomic E-state index is 11.8. The predicted octanol–water partition coefficient (Wildman–Crippen LogP) is 5.12. The van der Waals surface area contributed by atoms with E-state index in [1.165, 1.54) is 5.56 Å². The quantitative estimate of drug-likeness (QED) is 0.488. The Morgan fingerprint density at radius 1 is 0.862 bits per heavy atom. The normalized spacial score (nSPS) is 11.6. The molecule has 1 atom stereocenters. The van der Waals surface area contributed by atoms with Crippen molar-refractivity contribution in [1.29, 1.82) is 0 Å². The number of aliphatic carboxylic acids is 1. The molecule has 150 valence electrons. The molecule has 3 aromatic rings. The van der Waals surface area contributed by atoms with Gasteiger partial charge in [-0.05, 0) is 60.2 Å². The Kier molecular flexibility index (Phi) is 7.28. The number of hydrogen-bond acceptors (Lipinski definition) is 3. The number of methoxy groups -OCH3 is 1. The van der Waals surface area contributed by atoms with E-state index in [9.17, 15) is 9.90 Å². The molecule has 0 fully saturated rings. The van der Waals surface area contributed by atoms with E-state index in [2.05, 4.69) is 12.1 Å². The average Bonchev–Trinajstić information content (AvgIpc) is 2.76. The fourth-order valence-corrected chi connectivity index (χ4v) is 3.25. The second kappa shape index (κ2) is 10.3. The molecule has 0 radical (unpaired) electrons. The largest absolute Gasteiger partial charge is 0.497 e. The smallest absolute Gasteiger partial charge is 0.311 e. The Labute approximate surface area is 171 Å². The Morgan fingerprint density at radius 2 is 1.52 bits per heavy atom. The molecule has 0 saturated carbocycles. The monoisotopic (exact) mass is 390 g/mol. The first kappa shape index (κ1) is 20.5. The first-order valence-corrected chi connectivity index (χ1v) is 9.78. The highest BCUT2D eigenvalue weighted by Gasteiger charge is 2.20. The van der Waals surface area contributed by atoms with E-state index in [1.807, 2.05) is 54.6 Å². The second-order valence-corrected chi connectivity index (χ2v) is 6.95. The number of ether oxygens (including phenoxy) is 2. The van der Waals surface area contributed by atoms with E-state index < -0.39 is 11.9 Å². The summed E-state index contributed by atoms with van der Waals surface area (Å²) in [6.07, 6.45) is 2.36. The molecule has 3 rings (SSSR count). The lowest BCUT2D eigenvalue weighted by Gasteiger charge is -2.14. The summed E-state index contributed by atoms with van der Waals surface area (Å²) in [5.41, 5.74) is 3.04. The van der Waals surface area contributed by atoms with Crippen molar-refractivity contribution < 1.29 is 19.4 Å². The van der Waals surface area contributed by atoms with Crippen molar-refractivity contribution in [3.63, 3.8) is 0 Å². The first-order chi connectivity index (χ1) is 14.2. The molecule has 0 amide bonds. The minimum atomic E-state index is -0.837. The van der Waals surface area contributed by atoms with Crippen LogP contribution in [-0.2, 0) is 17.6 Å². The van der Waals surface area contributed by atoms with E-state index in [0.29, 0.717) is 18.8 Å². The molecule has 29 heavy (non-hydrogen) atoms. The maximum absolute atomic E-state index is 11.8. The van der Waals surface area contributed by atoms with Gasteiger partial charge in [-0.2, -0.15) is 0 Å². The fraction of sp³-hybridized carbons (Fsp3) is 0.240. The van der Waals surface area contributed by atoms with Crippen molar-refractivity contribution in [2.75, 3.05) is 13.7 Å². The van der Waals surface area contributed by atoms with Crippen LogP contribution in [0.2, 0.25) is 0 Å². The van der Waals surface area contributed by atoms with Crippen molar-refractivity contribution in [3.05, 3.63) is 95.6 Å². The highest BCUT2D eigenvalue weighted by Crippen LogP contribution is 2.25. The van der Waals surface area contributed by atoms with E-state index >= 15 is 0 Å². The number of carboxylic acids is 1. The minimum Gasteiger partial charge on any atom is -0.497 e. The Balaban J connectivity index is 1.53. The highest BCUT2D eigenvalue weighted by molar-refractivity contribution is 5.76. The van der Waals surface area contributed by atoms with Gasteiger partial charge in [0.05, 0.1) is 19.6 Å². The van der Waals surface area contributed by atoms with Crippen molar-refractivity contribution in [2.45, 2.75) is 25.2 Å². The predicted molar refractivity (Wildman–Crippen MR) is 114 cm³/mol. The highest BCUT2D eigenvalue weighted by atomic mass is 16.5. The third kappa shape index (κ3) is 6.11. The number of rotatable bonds is 10. The molecule has 0 aliphatic rings. The molecular formula is C25H26O4. The van der Waals surface area contributed by atoms with E-state index in [0.717, 1.165) is 29.7 Å². The van der Waals surface area contributed by atoms with Gasteiger partial charge >= 0.3 is 5.97 Å². The zero-order valence-corrected chi connectivity index (χ0v) is 16.6. The van der Waals surface area contributed by atoms with Gasteiger partial charge in [0.25, 0.3) is 0 Å². The summed E-state index contributed by atoms with van der Waals surface area (Å²) in [6, 6.07) is 25.2. The zero-order chi connectivity index (χ0) is 20.5. The van der Waals surface area contributed by atoms with Gasteiger partial charge < -0.3 is 14.6 Å². The summed E-state index contributed by atoms with van der Waals surface area (Å²) in [7, 11) is 1.59. The van der Waals surface area contributed by atoms with Crippen LogP contribution in [0.25, 0.3) is 0 Å². The van der Waals surface area contributed by atoms with E-state index in [-0.39, 0.29) is 0 Å². The van der Waals surface area contributed by atoms with E-state index in [4.69, 9.17) is 9.47 Å². The van der Waals surface area contributed by atoms with Gasteiger partial charge in [-0.1, -0.05) is 54.6 Å². The molecule has 0 bridgehead atoms. The van der Waals surface area contributed by atoms with Gasteiger partial charge in [0.15, 0.2) is 0 Å². The van der Waals surface area contributed by atoms with Crippen molar-refractivity contribution in [2.24, 2.45) is 0 Å². The lowest BCUT2D eigenvalue weighted by atomic mass is 9.92. The number of benzene rings is 3. The molecular weight excluding hydrogens is 364 g/mol. The van der Waals surface area contributed by atoms with Crippen LogP contribution in [0.5, 0.6) is 11.5 Å². The molecule has 0 aliphatic carbocycles. The molecule has 0 spiro atoms. The van der Waals surface area contributed by atoms with Crippen LogP contribution in [-0.4, -0.2) is 24.8 Å². The summed E-state index contributed by atoms with van der Waals surface area (Å²) in [5.74, 6) is 0.0831. The summed E-state index contributed by atoms with van der Waals surface area (Å²) in [6.45, 7) is 0.651. The maximum Gasteiger partial charge on any atom is 0.311 e. The molecule has 4 heteroatoms. The van der Waals surface area contributed by atoms with Gasteiger partial charge in [0.1, 0.15) is 11.5 Å². The van der Waals surface area contributed by atoms with Gasteiger partial charge in [0, 0.05) is 0 Å². The first-order valence-electron chi connectivity index (χ1n) is 9.78. The number of hydrogen-bond donors (Lipinski definition) is 1. The Morgan fingerprint density at radius 3 is 2.14 bits per heavy atom. The standard InChI is InChI=1S/C25H26O4/c1-28-22-15-11-21(12-16-22)24(25(26)27)18-20-9-13-23(14-10-20)29-17-5-8-19-6-3-2-4-7-19/h2-4,6-7,9-16,24H,5,8,17-18H2,1H3,(H,26,27). The fourth-order valence-electron chi connectivity index (χ4n) is 3.25. The number of carboxylic acid groups (broad SMARTS) is 1. The van der Waals surface area contributed by atoms with Crippen LogP contribution in [0.15, 0.2) is 78.9 Å². The summed E-state index contributed by atoms with van der Waals surface area (Å²) in [4.78, 5) is 11.8.